The molecule has 1 saturated heterocycles. The van der Waals surface area contributed by atoms with Crippen molar-refractivity contribution in [3.05, 3.63) is 35.4 Å². The normalized spacial score (nSPS) is 23.5. The molecule has 4 heteroatoms. The molecule has 0 radical (unpaired) electrons. The summed E-state index contributed by atoms with van der Waals surface area (Å²) in [6.07, 6.45) is 3.54. The first-order valence-electron chi connectivity index (χ1n) is 7.93. The quantitative estimate of drug-likeness (QED) is 0.894. The molecule has 21 heavy (non-hydrogen) atoms. The van der Waals surface area contributed by atoms with Crippen molar-refractivity contribution in [3.63, 3.8) is 0 Å². The Bertz CT molecular complexity index is 461. The van der Waals surface area contributed by atoms with Gasteiger partial charge in [-0.3, -0.25) is 0 Å². The van der Waals surface area contributed by atoms with E-state index in [1.54, 1.807) is 0 Å². The molecule has 1 heterocycles. The Hall–Kier alpha value is -0.940. The van der Waals surface area contributed by atoms with E-state index in [0.29, 0.717) is 12.6 Å². The third kappa shape index (κ3) is 3.64. The lowest BCUT2D eigenvalue weighted by Crippen LogP contribution is -2.43. The van der Waals surface area contributed by atoms with Gasteiger partial charge in [-0.2, -0.15) is 0 Å². The largest absolute Gasteiger partial charge is 0.387 e. The lowest BCUT2D eigenvalue weighted by molar-refractivity contribution is -0.179. The van der Waals surface area contributed by atoms with Crippen LogP contribution in [-0.2, 0) is 9.47 Å². The maximum Gasteiger partial charge on any atom is 0.168 e. The van der Waals surface area contributed by atoms with Crippen LogP contribution in [0.25, 0.3) is 0 Å². The van der Waals surface area contributed by atoms with Gasteiger partial charge in [-0.25, -0.2) is 0 Å². The second kappa shape index (κ2) is 6.44. The van der Waals surface area contributed by atoms with Gasteiger partial charge in [-0.1, -0.05) is 29.8 Å². The Balaban J connectivity index is 1.45. The van der Waals surface area contributed by atoms with Gasteiger partial charge in [0.1, 0.15) is 0 Å². The van der Waals surface area contributed by atoms with E-state index in [1.807, 2.05) is 31.2 Å². The molecular formula is C17H25NO3. The van der Waals surface area contributed by atoms with Crippen molar-refractivity contribution in [2.24, 2.45) is 0 Å². The summed E-state index contributed by atoms with van der Waals surface area (Å²) in [6, 6.07) is 8.51. The summed E-state index contributed by atoms with van der Waals surface area (Å²) in [4.78, 5) is 0. The molecule has 2 N–H and O–H groups in total. The van der Waals surface area contributed by atoms with Crippen molar-refractivity contribution in [1.82, 2.24) is 5.32 Å². The molecule has 1 aliphatic carbocycles. The molecule has 1 spiro atoms. The van der Waals surface area contributed by atoms with Crippen LogP contribution in [0.2, 0.25) is 0 Å². The summed E-state index contributed by atoms with van der Waals surface area (Å²) in [7, 11) is 0. The number of aliphatic hydroxyl groups excluding tert-OH is 1. The molecule has 1 unspecified atom stereocenters. The molecule has 0 bridgehead atoms. The van der Waals surface area contributed by atoms with Crippen LogP contribution < -0.4 is 5.32 Å². The number of aryl methyl sites for hydroxylation is 1. The minimum absolute atomic E-state index is 0.298. The second-order valence-electron chi connectivity index (χ2n) is 6.22. The summed E-state index contributed by atoms with van der Waals surface area (Å²) in [5.41, 5.74) is 2.17. The molecule has 2 fully saturated rings. The highest BCUT2D eigenvalue weighted by Crippen LogP contribution is 2.35. The molecule has 1 aromatic carbocycles. The molecule has 116 valence electrons. The average molecular weight is 291 g/mol. The van der Waals surface area contributed by atoms with Gasteiger partial charge in [-0.05, 0) is 25.3 Å². The summed E-state index contributed by atoms with van der Waals surface area (Å²) in [5.74, 6) is -0.298. The Morgan fingerprint density at radius 2 is 2.00 bits per heavy atom. The van der Waals surface area contributed by atoms with Crippen LogP contribution in [0.1, 0.15) is 42.9 Å². The van der Waals surface area contributed by atoms with E-state index in [1.165, 1.54) is 5.56 Å². The Morgan fingerprint density at radius 3 is 2.67 bits per heavy atom. The first kappa shape index (κ1) is 15.0. The Morgan fingerprint density at radius 1 is 1.29 bits per heavy atom. The number of hydrogen-bond donors (Lipinski definition) is 2. The maximum absolute atomic E-state index is 10.3. The van der Waals surface area contributed by atoms with E-state index >= 15 is 0 Å². The zero-order valence-corrected chi connectivity index (χ0v) is 12.7. The van der Waals surface area contributed by atoms with Crippen molar-refractivity contribution in [2.75, 3.05) is 19.8 Å². The summed E-state index contributed by atoms with van der Waals surface area (Å²) < 4.78 is 11.5. The van der Waals surface area contributed by atoms with Crippen molar-refractivity contribution >= 4 is 0 Å². The number of benzene rings is 1. The molecule has 0 aromatic heterocycles. The van der Waals surface area contributed by atoms with Gasteiger partial charge in [-0.15, -0.1) is 0 Å². The second-order valence-corrected chi connectivity index (χ2v) is 6.22. The number of rotatable bonds is 4. The van der Waals surface area contributed by atoms with E-state index in [4.69, 9.17) is 9.47 Å². The smallest absolute Gasteiger partial charge is 0.168 e. The fraction of sp³-hybridized carbons (Fsp3) is 0.647. The summed E-state index contributed by atoms with van der Waals surface area (Å²) in [5, 5.41) is 13.8. The van der Waals surface area contributed by atoms with E-state index in [0.717, 1.165) is 44.5 Å². The van der Waals surface area contributed by atoms with E-state index < -0.39 is 6.10 Å². The molecule has 4 nitrogen and oxygen atoms in total. The number of aliphatic hydroxyl groups is 1. The minimum atomic E-state index is -0.445. The minimum Gasteiger partial charge on any atom is -0.387 e. The van der Waals surface area contributed by atoms with E-state index in [-0.39, 0.29) is 5.79 Å². The van der Waals surface area contributed by atoms with Crippen molar-refractivity contribution in [2.45, 2.75) is 50.5 Å². The van der Waals surface area contributed by atoms with Crippen LogP contribution >= 0.6 is 0 Å². The highest BCUT2D eigenvalue weighted by atomic mass is 16.7. The third-order valence-corrected chi connectivity index (χ3v) is 4.59. The number of nitrogens with one attached hydrogen (secondary N) is 1. The van der Waals surface area contributed by atoms with Gasteiger partial charge in [0.2, 0.25) is 0 Å². The Kier molecular flexibility index (Phi) is 4.60. The molecule has 1 saturated carbocycles. The highest BCUT2D eigenvalue weighted by molar-refractivity contribution is 5.24. The summed E-state index contributed by atoms with van der Waals surface area (Å²) in [6.45, 7) is 4.10. The van der Waals surface area contributed by atoms with Crippen LogP contribution in [-0.4, -0.2) is 36.7 Å². The van der Waals surface area contributed by atoms with Crippen LogP contribution in [0.3, 0.4) is 0 Å². The number of hydrogen-bond acceptors (Lipinski definition) is 4. The van der Waals surface area contributed by atoms with Crippen LogP contribution in [0.15, 0.2) is 24.3 Å². The van der Waals surface area contributed by atoms with Gasteiger partial charge in [0, 0.05) is 25.4 Å². The van der Waals surface area contributed by atoms with Gasteiger partial charge < -0.3 is 19.9 Å². The monoisotopic (exact) mass is 291 g/mol. The van der Waals surface area contributed by atoms with Crippen molar-refractivity contribution in [3.8, 4) is 0 Å². The zero-order valence-electron chi connectivity index (χ0n) is 12.7. The first-order chi connectivity index (χ1) is 10.2. The number of ether oxygens (including phenoxy) is 2. The fourth-order valence-electron chi connectivity index (χ4n) is 3.32. The molecule has 1 atom stereocenters. The molecular weight excluding hydrogens is 266 g/mol. The third-order valence-electron chi connectivity index (χ3n) is 4.59. The molecule has 1 aliphatic heterocycles. The highest BCUT2D eigenvalue weighted by Gasteiger charge is 2.40. The first-order valence-corrected chi connectivity index (χ1v) is 7.93. The lowest BCUT2D eigenvalue weighted by atomic mass is 9.90. The maximum atomic E-state index is 10.3. The van der Waals surface area contributed by atoms with Gasteiger partial charge >= 0.3 is 0 Å². The lowest BCUT2D eigenvalue weighted by Gasteiger charge is -2.36. The average Bonchev–Trinajstić information content (AvgIpc) is 2.95. The topological polar surface area (TPSA) is 50.7 Å². The van der Waals surface area contributed by atoms with Crippen LogP contribution in [0, 0.1) is 6.92 Å². The fourth-order valence-corrected chi connectivity index (χ4v) is 3.32. The standard InChI is InChI=1S/C17H25NO3/c1-13-3-2-4-14(11-13)16(19)12-18-15-5-7-17(8-6-15)20-9-10-21-17/h2-4,11,15-16,18-19H,5-10,12H2,1H3. The molecule has 0 amide bonds. The van der Waals surface area contributed by atoms with Gasteiger partial charge in [0.05, 0.1) is 19.3 Å². The molecule has 3 rings (SSSR count). The van der Waals surface area contributed by atoms with E-state index in [2.05, 4.69) is 5.32 Å². The van der Waals surface area contributed by atoms with Crippen molar-refractivity contribution in [1.29, 1.82) is 0 Å². The predicted octanol–water partition coefficient (Wildman–Crippen LogP) is 2.30. The SMILES string of the molecule is Cc1cccc(C(O)CNC2CCC3(CC2)OCCO3)c1. The van der Waals surface area contributed by atoms with Crippen LogP contribution in [0.5, 0.6) is 0 Å². The Labute approximate surface area is 126 Å². The van der Waals surface area contributed by atoms with Crippen LogP contribution in [0.4, 0.5) is 0 Å². The molecule has 2 aliphatic rings. The van der Waals surface area contributed by atoms with E-state index in [9.17, 15) is 5.11 Å². The predicted molar refractivity (Wildman–Crippen MR) is 81.0 cm³/mol. The van der Waals surface area contributed by atoms with Crippen molar-refractivity contribution < 1.29 is 14.6 Å². The summed E-state index contributed by atoms with van der Waals surface area (Å²) >= 11 is 0. The molecule has 1 aromatic rings. The van der Waals surface area contributed by atoms with Gasteiger partial charge in [0.15, 0.2) is 5.79 Å². The van der Waals surface area contributed by atoms with Gasteiger partial charge in [0.25, 0.3) is 0 Å². The zero-order chi connectivity index (χ0) is 14.7.